The molecule has 0 spiro atoms. The van der Waals surface area contributed by atoms with Crippen LogP contribution in [0, 0.1) is 5.92 Å². The number of carboxylic acid groups (broad SMARTS) is 1. The van der Waals surface area contributed by atoms with Gasteiger partial charge in [0.25, 0.3) is 0 Å². The van der Waals surface area contributed by atoms with Gasteiger partial charge < -0.3 is 9.84 Å². The molecule has 2 aromatic heterocycles. The number of carboxylic acids is 1. The zero-order chi connectivity index (χ0) is 22.6. The molecule has 3 aromatic rings. The van der Waals surface area contributed by atoms with E-state index in [1.54, 1.807) is 0 Å². The van der Waals surface area contributed by atoms with E-state index in [1.165, 1.54) is 43.4 Å². The fraction of sp³-hybridized carbons (Fsp3) is 0.519. The number of aliphatic carboxylic acids is 1. The van der Waals surface area contributed by atoms with Gasteiger partial charge in [-0.3, -0.25) is 14.5 Å². The molecule has 1 atom stereocenters. The number of hydrogen-bond donors (Lipinski definition) is 1. The van der Waals surface area contributed by atoms with Crippen molar-refractivity contribution < 1.29 is 14.6 Å². The van der Waals surface area contributed by atoms with Crippen molar-refractivity contribution in [3.8, 4) is 5.75 Å². The van der Waals surface area contributed by atoms with Crippen molar-refractivity contribution in [2.24, 2.45) is 5.92 Å². The molecule has 5 rings (SSSR count). The van der Waals surface area contributed by atoms with E-state index in [9.17, 15) is 9.90 Å². The number of hydrogen-bond acceptors (Lipinski definition) is 4. The van der Waals surface area contributed by atoms with Crippen LogP contribution >= 0.6 is 0 Å². The number of fused-ring (bicyclic) bond motifs is 2. The lowest BCUT2D eigenvalue weighted by atomic mass is 9.82. The second-order valence-corrected chi connectivity index (χ2v) is 9.59. The van der Waals surface area contributed by atoms with Gasteiger partial charge in [-0.1, -0.05) is 25.3 Å². The summed E-state index contributed by atoms with van der Waals surface area (Å²) in [6, 6.07) is 10.3. The summed E-state index contributed by atoms with van der Waals surface area (Å²) < 4.78 is 7.99. The van der Waals surface area contributed by atoms with Crippen molar-refractivity contribution in [3.63, 3.8) is 0 Å². The van der Waals surface area contributed by atoms with Crippen LogP contribution < -0.4 is 4.74 Å². The lowest BCUT2D eigenvalue weighted by Crippen LogP contribution is -2.25. The first-order valence-corrected chi connectivity index (χ1v) is 12.5. The minimum Gasteiger partial charge on any atom is -0.493 e. The van der Waals surface area contributed by atoms with Gasteiger partial charge in [0.15, 0.2) is 0 Å². The van der Waals surface area contributed by atoms with Crippen LogP contribution in [0.5, 0.6) is 5.75 Å². The van der Waals surface area contributed by atoms with Crippen molar-refractivity contribution in [3.05, 3.63) is 53.5 Å². The first-order valence-electron chi connectivity index (χ1n) is 12.5. The van der Waals surface area contributed by atoms with E-state index < -0.39 is 5.97 Å². The largest absolute Gasteiger partial charge is 0.493 e. The SMILES string of the molecule is O=C(O)CC(C1CCCCC1)n1ncc2cc(OCCc3ccc4c(n3)CCCC4)ccc21. The summed E-state index contributed by atoms with van der Waals surface area (Å²) in [4.78, 5) is 16.4. The molecule has 0 radical (unpaired) electrons. The monoisotopic (exact) mass is 447 g/mol. The van der Waals surface area contributed by atoms with Gasteiger partial charge in [-0.2, -0.15) is 5.10 Å². The molecule has 174 valence electrons. The van der Waals surface area contributed by atoms with Crippen molar-refractivity contribution in [1.29, 1.82) is 0 Å². The third kappa shape index (κ3) is 5.05. The molecular formula is C27H33N3O3. The number of aryl methyl sites for hydroxylation is 2. The molecule has 1 aromatic carbocycles. The molecule has 6 heteroatoms. The number of aromatic nitrogens is 3. The molecule has 33 heavy (non-hydrogen) atoms. The third-order valence-electron chi connectivity index (χ3n) is 7.32. The molecule has 1 unspecified atom stereocenters. The molecule has 2 aliphatic carbocycles. The highest BCUT2D eigenvalue weighted by atomic mass is 16.5. The maximum Gasteiger partial charge on any atom is 0.305 e. The second kappa shape index (κ2) is 9.94. The molecule has 0 aliphatic heterocycles. The molecule has 1 fully saturated rings. The third-order valence-corrected chi connectivity index (χ3v) is 7.32. The van der Waals surface area contributed by atoms with Crippen LogP contribution in [0.15, 0.2) is 36.5 Å². The van der Waals surface area contributed by atoms with E-state index in [4.69, 9.17) is 9.72 Å². The zero-order valence-corrected chi connectivity index (χ0v) is 19.2. The van der Waals surface area contributed by atoms with Crippen molar-refractivity contribution in [2.75, 3.05) is 6.61 Å². The molecular weight excluding hydrogens is 414 g/mol. The number of benzene rings is 1. The predicted molar refractivity (Wildman–Crippen MR) is 128 cm³/mol. The standard InChI is InChI=1S/C27H33N3O3/c31-27(32)17-26(20-7-2-1-3-8-20)30-25-13-12-23(16-21(25)18-28-30)33-15-14-22-11-10-19-6-4-5-9-24(19)29-22/h10-13,16,18,20,26H,1-9,14-15,17H2,(H,31,32). The molecule has 1 N–H and O–H groups in total. The highest BCUT2D eigenvalue weighted by Crippen LogP contribution is 2.36. The lowest BCUT2D eigenvalue weighted by Gasteiger charge is -2.30. The molecule has 1 saturated carbocycles. The van der Waals surface area contributed by atoms with Gasteiger partial charge in [0.05, 0.1) is 30.8 Å². The Morgan fingerprint density at radius 1 is 1.09 bits per heavy atom. The topological polar surface area (TPSA) is 77.2 Å². The Labute approximate surface area is 195 Å². The molecule has 6 nitrogen and oxygen atoms in total. The minimum absolute atomic E-state index is 0.0952. The smallest absolute Gasteiger partial charge is 0.305 e. The predicted octanol–water partition coefficient (Wildman–Crippen LogP) is 5.53. The number of carbonyl (C=O) groups is 1. The Balaban J connectivity index is 1.27. The summed E-state index contributed by atoms with van der Waals surface area (Å²) >= 11 is 0. The van der Waals surface area contributed by atoms with Crippen LogP contribution in [0.4, 0.5) is 0 Å². The van der Waals surface area contributed by atoms with E-state index in [2.05, 4.69) is 17.2 Å². The van der Waals surface area contributed by atoms with Crippen LogP contribution in [0.3, 0.4) is 0 Å². The highest BCUT2D eigenvalue weighted by molar-refractivity contribution is 5.80. The van der Waals surface area contributed by atoms with Gasteiger partial charge in [0.1, 0.15) is 5.75 Å². The maximum absolute atomic E-state index is 11.6. The molecule has 2 heterocycles. The maximum atomic E-state index is 11.6. The second-order valence-electron chi connectivity index (χ2n) is 9.59. The number of pyridine rings is 1. The summed E-state index contributed by atoms with van der Waals surface area (Å²) in [6.45, 7) is 0.579. The van der Waals surface area contributed by atoms with Crippen molar-refractivity contribution >= 4 is 16.9 Å². The Morgan fingerprint density at radius 2 is 1.94 bits per heavy atom. The van der Waals surface area contributed by atoms with E-state index in [0.29, 0.717) is 12.5 Å². The summed E-state index contributed by atoms with van der Waals surface area (Å²) in [5.74, 6) is 0.426. The molecule has 0 amide bonds. The van der Waals surface area contributed by atoms with Crippen LogP contribution in [-0.2, 0) is 24.1 Å². The average Bonchev–Trinajstić information content (AvgIpc) is 3.26. The Morgan fingerprint density at radius 3 is 2.79 bits per heavy atom. The minimum atomic E-state index is -0.759. The number of rotatable bonds is 8. The van der Waals surface area contributed by atoms with Crippen LogP contribution in [0.25, 0.3) is 10.9 Å². The Bertz CT molecular complexity index is 1120. The van der Waals surface area contributed by atoms with Gasteiger partial charge in [-0.05, 0) is 74.3 Å². The van der Waals surface area contributed by atoms with Gasteiger partial charge in [0, 0.05) is 23.2 Å². The molecule has 2 aliphatic rings. The Hall–Kier alpha value is -2.89. The van der Waals surface area contributed by atoms with Gasteiger partial charge in [-0.25, -0.2) is 0 Å². The van der Waals surface area contributed by atoms with E-state index in [-0.39, 0.29) is 12.5 Å². The quantitative estimate of drug-likeness (QED) is 0.491. The van der Waals surface area contributed by atoms with E-state index in [1.807, 2.05) is 29.1 Å². The summed E-state index contributed by atoms with van der Waals surface area (Å²) in [7, 11) is 0. The summed E-state index contributed by atoms with van der Waals surface area (Å²) in [5, 5.41) is 15.1. The van der Waals surface area contributed by atoms with Crippen molar-refractivity contribution in [1.82, 2.24) is 14.8 Å². The Kier molecular flexibility index (Phi) is 6.60. The van der Waals surface area contributed by atoms with E-state index in [0.717, 1.165) is 54.5 Å². The van der Waals surface area contributed by atoms with Gasteiger partial charge in [-0.15, -0.1) is 0 Å². The number of nitrogens with zero attached hydrogens (tertiary/aromatic N) is 3. The molecule has 0 bridgehead atoms. The zero-order valence-electron chi connectivity index (χ0n) is 19.2. The number of ether oxygens (including phenoxy) is 1. The average molecular weight is 448 g/mol. The first-order chi connectivity index (χ1) is 16.2. The van der Waals surface area contributed by atoms with Crippen LogP contribution in [0.2, 0.25) is 0 Å². The van der Waals surface area contributed by atoms with Crippen LogP contribution in [0.1, 0.15) is 74.4 Å². The fourth-order valence-corrected chi connectivity index (χ4v) is 5.58. The lowest BCUT2D eigenvalue weighted by molar-refractivity contribution is -0.138. The fourth-order valence-electron chi connectivity index (χ4n) is 5.58. The normalized spacial score (nSPS) is 17.6. The van der Waals surface area contributed by atoms with Crippen molar-refractivity contribution in [2.45, 2.75) is 76.7 Å². The molecule has 0 saturated heterocycles. The highest BCUT2D eigenvalue weighted by Gasteiger charge is 2.29. The van der Waals surface area contributed by atoms with Gasteiger partial charge in [0.2, 0.25) is 0 Å². The summed E-state index contributed by atoms with van der Waals surface area (Å²) in [6.07, 6.45) is 13.3. The summed E-state index contributed by atoms with van der Waals surface area (Å²) in [5.41, 5.74) is 4.74. The van der Waals surface area contributed by atoms with Crippen LogP contribution in [-0.4, -0.2) is 32.4 Å². The van der Waals surface area contributed by atoms with E-state index >= 15 is 0 Å². The first kappa shape index (κ1) is 21.9. The van der Waals surface area contributed by atoms with Gasteiger partial charge >= 0.3 is 5.97 Å².